The number of carbonyl (C=O) groups is 3. The standard InChI is InChI=1S/C26H32N4O3/c1-26(2,20-8-4-3-5-9-20)25(33)30-15-13-29(14-16-30)18-23(31)27-22-10-6-7-19(17-22)24(32)28-21-11-12-21/h3-10,17,21H,11-16,18H2,1-2H3,(H,27,31)(H,28,32). The second-order valence-corrected chi connectivity index (χ2v) is 9.44. The Morgan fingerprint density at radius 1 is 0.939 bits per heavy atom. The first-order chi connectivity index (χ1) is 15.8. The highest BCUT2D eigenvalue weighted by Gasteiger charge is 2.35. The molecule has 1 aliphatic carbocycles. The second-order valence-electron chi connectivity index (χ2n) is 9.44. The van der Waals surface area contributed by atoms with Gasteiger partial charge in [-0.25, -0.2) is 0 Å². The van der Waals surface area contributed by atoms with E-state index in [0.29, 0.717) is 43.5 Å². The Labute approximate surface area is 195 Å². The first-order valence-corrected chi connectivity index (χ1v) is 11.6. The molecule has 3 amide bonds. The largest absolute Gasteiger partial charge is 0.349 e. The highest BCUT2D eigenvalue weighted by atomic mass is 16.2. The van der Waals surface area contributed by atoms with Crippen molar-refractivity contribution in [2.45, 2.75) is 38.1 Å². The summed E-state index contributed by atoms with van der Waals surface area (Å²) >= 11 is 0. The number of benzene rings is 2. The fraction of sp³-hybridized carbons (Fsp3) is 0.423. The molecule has 2 N–H and O–H groups in total. The molecule has 33 heavy (non-hydrogen) atoms. The molecular formula is C26H32N4O3. The van der Waals surface area contributed by atoms with Crippen molar-refractivity contribution in [3.05, 3.63) is 65.7 Å². The molecule has 7 nitrogen and oxygen atoms in total. The molecule has 0 radical (unpaired) electrons. The molecule has 2 aliphatic rings. The van der Waals surface area contributed by atoms with E-state index < -0.39 is 5.41 Å². The van der Waals surface area contributed by atoms with Crippen molar-refractivity contribution in [3.8, 4) is 0 Å². The Balaban J connectivity index is 1.26. The SMILES string of the molecule is CC(C)(C(=O)N1CCN(CC(=O)Nc2cccc(C(=O)NC3CC3)c2)CC1)c1ccccc1. The maximum absolute atomic E-state index is 13.1. The second kappa shape index (κ2) is 9.75. The van der Waals surface area contributed by atoms with Crippen LogP contribution in [0.25, 0.3) is 0 Å². The molecule has 4 rings (SSSR count). The Kier molecular flexibility index (Phi) is 6.79. The van der Waals surface area contributed by atoms with E-state index in [1.165, 1.54) is 0 Å². The summed E-state index contributed by atoms with van der Waals surface area (Å²) in [5.41, 5.74) is 1.58. The van der Waals surface area contributed by atoms with Crippen LogP contribution in [0.1, 0.15) is 42.6 Å². The number of amides is 3. The molecule has 7 heteroatoms. The molecule has 0 unspecified atom stereocenters. The number of hydrogen-bond acceptors (Lipinski definition) is 4. The summed E-state index contributed by atoms with van der Waals surface area (Å²) < 4.78 is 0. The molecule has 1 heterocycles. The van der Waals surface area contributed by atoms with Gasteiger partial charge in [0, 0.05) is 43.5 Å². The van der Waals surface area contributed by atoms with Crippen LogP contribution in [0.3, 0.4) is 0 Å². The van der Waals surface area contributed by atoms with Gasteiger partial charge in [0.25, 0.3) is 5.91 Å². The van der Waals surface area contributed by atoms with Crippen molar-refractivity contribution >= 4 is 23.4 Å². The third-order valence-corrected chi connectivity index (χ3v) is 6.38. The van der Waals surface area contributed by atoms with Gasteiger partial charge in [0.2, 0.25) is 11.8 Å². The van der Waals surface area contributed by atoms with Crippen LogP contribution in [-0.2, 0) is 15.0 Å². The predicted octanol–water partition coefficient (Wildman–Crippen LogP) is 2.64. The van der Waals surface area contributed by atoms with Crippen LogP contribution >= 0.6 is 0 Å². The fourth-order valence-corrected chi connectivity index (χ4v) is 4.12. The molecule has 1 aliphatic heterocycles. The summed E-state index contributed by atoms with van der Waals surface area (Å²) in [5, 5.41) is 5.85. The Bertz CT molecular complexity index is 1010. The van der Waals surface area contributed by atoms with E-state index in [4.69, 9.17) is 0 Å². The van der Waals surface area contributed by atoms with Crippen LogP contribution in [0, 0.1) is 0 Å². The van der Waals surface area contributed by atoms with Gasteiger partial charge in [0.05, 0.1) is 12.0 Å². The molecule has 2 aromatic rings. The molecular weight excluding hydrogens is 416 g/mol. The number of hydrogen-bond donors (Lipinski definition) is 2. The zero-order valence-corrected chi connectivity index (χ0v) is 19.3. The van der Waals surface area contributed by atoms with E-state index >= 15 is 0 Å². The van der Waals surface area contributed by atoms with E-state index in [0.717, 1.165) is 18.4 Å². The van der Waals surface area contributed by atoms with E-state index in [-0.39, 0.29) is 24.3 Å². The molecule has 0 bridgehead atoms. The minimum Gasteiger partial charge on any atom is -0.349 e. The molecule has 1 saturated carbocycles. The van der Waals surface area contributed by atoms with Gasteiger partial charge in [-0.1, -0.05) is 36.4 Å². The van der Waals surface area contributed by atoms with Gasteiger partial charge in [-0.05, 0) is 50.5 Å². The first-order valence-electron chi connectivity index (χ1n) is 11.6. The van der Waals surface area contributed by atoms with E-state index in [1.807, 2.05) is 49.1 Å². The molecule has 0 aromatic heterocycles. The summed E-state index contributed by atoms with van der Waals surface area (Å²) in [6.07, 6.45) is 2.07. The molecule has 0 spiro atoms. The van der Waals surface area contributed by atoms with E-state index in [1.54, 1.807) is 24.3 Å². The highest BCUT2D eigenvalue weighted by molar-refractivity contribution is 5.97. The molecule has 2 aromatic carbocycles. The van der Waals surface area contributed by atoms with Crippen molar-refractivity contribution in [2.24, 2.45) is 0 Å². The maximum atomic E-state index is 13.1. The van der Waals surface area contributed by atoms with Gasteiger partial charge in [-0.3, -0.25) is 19.3 Å². The minimum atomic E-state index is -0.586. The summed E-state index contributed by atoms with van der Waals surface area (Å²) in [5.74, 6) is -0.119. The number of nitrogens with one attached hydrogen (secondary N) is 2. The van der Waals surface area contributed by atoms with Gasteiger partial charge in [-0.15, -0.1) is 0 Å². The summed E-state index contributed by atoms with van der Waals surface area (Å²) in [4.78, 5) is 41.9. The third kappa shape index (κ3) is 5.79. The zero-order chi connectivity index (χ0) is 23.4. The smallest absolute Gasteiger partial charge is 0.251 e. The third-order valence-electron chi connectivity index (χ3n) is 6.38. The fourth-order valence-electron chi connectivity index (χ4n) is 4.12. The van der Waals surface area contributed by atoms with Gasteiger partial charge < -0.3 is 15.5 Å². The van der Waals surface area contributed by atoms with Crippen molar-refractivity contribution in [2.75, 3.05) is 38.0 Å². The lowest BCUT2D eigenvalue weighted by Gasteiger charge is -2.38. The van der Waals surface area contributed by atoms with Crippen molar-refractivity contribution in [3.63, 3.8) is 0 Å². The minimum absolute atomic E-state index is 0.104. The van der Waals surface area contributed by atoms with Crippen LogP contribution in [0.15, 0.2) is 54.6 Å². The number of anilines is 1. The van der Waals surface area contributed by atoms with Crippen LogP contribution in [-0.4, -0.2) is 66.3 Å². The number of carbonyl (C=O) groups excluding carboxylic acids is 3. The topological polar surface area (TPSA) is 81.8 Å². The van der Waals surface area contributed by atoms with Gasteiger partial charge in [0.1, 0.15) is 0 Å². The predicted molar refractivity (Wildman–Crippen MR) is 128 cm³/mol. The molecule has 0 atom stereocenters. The lowest BCUT2D eigenvalue weighted by atomic mass is 9.83. The van der Waals surface area contributed by atoms with E-state index in [9.17, 15) is 14.4 Å². The van der Waals surface area contributed by atoms with Gasteiger partial charge in [-0.2, -0.15) is 0 Å². The Hall–Kier alpha value is -3.19. The molecule has 1 saturated heterocycles. The molecule has 2 fully saturated rings. The zero-order valence-electron chi connectivity index (χ0n) is 19.3. The quantitative estimate of drug-likeness (QED) is 0.682. The van der Waals surface area contributed by atoms with Gasteiger partial charge in [0.15, 0.2) is 0 Å². The van der Waals surface area contributed by atoms with Crippen molar-refractivity contribution in [1.29, 1.82) is 0 Å². The van der Waals surface area contributed by atoms with Crippen molar-refractivity contribution in [1.82, 2.24) is 15.1 Å². The lowest BCUT2D eigenvalue weighted by Crippen LogP contribution is -2.54. The van der Waals surface area contributed by atoms with Crippen LogP contribution < -0.4 is 10.6 Å². The van der Waals surface area contributed by atoms with Crippen molar-refractivity contribution < 1.29 is 14.4 Å². The average molecular weight is 449 g/mol. The highest BCUT2D eigenvalue weighted by Crippen LogP contribution is 2.26. The number of rotatable bonds is 7. The summed E-state index contributed by atoms with van der Waals surface area (Å²) in [6, 6.07) is 17.1. The average Bonchev–Trinajstić information content (AvgIpc) is 3.64. The number of nitrogens with zero attached hydrogens (tertiary/aromatic N) is 2. The summed E-state index contributed by atoms with van der Waals surface area (Å²) in [7, 11) is 0. The Morgan fingerprint density at radius 3 is 2.30 bits per heavy atom. The van der Waals surface area contributed by atoms with Gasteiger partial charge >= 0.3 is 0 Å². The summed E-state index contributed by atoms with van der Waals surface area (Å²) in [6.45, 7) is 6.66. The molecule has 174 valence electrons. The maximum Gasteiger partial charge on any atom is 0.251 e. The lowest BCUT2D eigenvalue weighted by molar-refractivity contribution is -0.138. The van der Waals surface area contributed by atoms with E-state index in [2.05, 4.69) is 15.5 Å². The van der Waals surface area contributed by atoms with Crippen LogP contribution in [0.2, 0.25) is 0 Å². The monoisotopic (exact) mass is 448 g/mol. The van der Waals surface area contributed by atoms with Crippen LogP contribution in [0.5, 0.6) is 0 Å². The Morgan fingerprint density at radius 2 is 1.64 bits per heavy atom. The normalized spacial score (nSPS) is 16.8. The first kappa shape index (κ1) is 23.0. The number of piperazine rings is 1. The van der Waals surface area contributed by atoms with Crippen LogP contribution in [0.4, 0.5) is 5.69 Å².